The number of pyridine rings is 1. The van der Waals surface area contributed by atoms with Gasteiger partial charge in [0.1, 0.15) is 5.75 Å². The van der Waals surface area contributed by atoms with Gasteiger partial charge in [-0.25, -0.2) is 4.98 Å². The summed E-state index contributed by atoms with van der Waals surface area (Å²) in [6.45, 7) is 2.60. The number of fused-ring (bicyclic) bond motifs is 2. The van der Waals surface area contributed by atoms with Crippen LogP contribution in [0.3, 0.4) is 0 Å². The summed E-state index contributed by atoms with van der Waals surface area (Å²) >= 11 is 6.01. The summed E-state index contributed by atoms with van der Waals surface area (Å²) in [5.74, 6) is 1.36. The van der Waals surface area contributed by atoms with Gasteiger partial charge in [-0.2, -0.15) is 0 Å². The molecular formula is C28H29ClN2O3. The SMILES string of the molecule is OCc1cccc2c1CC(=CCCN1CCC(O)(c3ccc(Cl)cc3)CC1)c1cccnc1O2. The molecule has 1 fully saturated rings. The molecule has 5 nitrogen and oxygen atoms in total. The number of aliphatic hydroxyl groups is 2. The molecule has 0 radical (unpaired) electrons. The van der Waals surface area contributed by atoms with Gasteiger partial charge >= 0.3 is 0 Å². The Balaban J connectivity index is 1.28. The Labute approximate surface area is 205 Å². The first-order valence-corrected chi connectivity index (χ1v) is 12.2. The molecule has 0 unspecified atom stereocenters. The topological polar surface area (TPSA) is 65.8 Å². The Bertz CT molecular complexity index is 1180. The van der Waals surface area contributed by atoms with E-state index in [4.69, 9.17) is 16.3 Å². The molecule has 3 aromatic rings. The van der Waals surface area contributed by atoms with Crippen LogP contribution in [0, 0.1) is 0 Å². The van der Waals surface area contributed by atoms with Crippen LogP contribution in [0.4, 0.5) is 0 Å². The highest BCUT2D eigenvalue weighted by molar-refractivity contribution is 6.30. The molecule has 5 rings (SSSR count). The largest absolute Gasteiger partial charge is 0.438 e. The smallest absolute Gasteiger partial charge is 0.226 e. The maximum absolute atomic E-state index is 11.1. The van der Waals surface area contributed by atoms with E-state index in [0.717, 1.165) is 59.6 Å². The number of hydrogen-bond acceptors (Lipinski definition) is 5. The Morgan fingerprint density at radius 2 is 1.85 bits per heavy atom. The van der Waals surface area contributed by atoms with Gasteiger partial charge in [0.2, 0.25) is 5.88 Å². The molecule has 6 heteroatoms. The Kier molecular flexibility index (Phi) is 6.70. The van der Waals surface area contributed by atoms with E-state index in [-0.39, 0.29) is 6.61 Å². The van der Waals surface area contributed by atoms with Gasteiger partial charge in [-0.3, -0.25) is 0 Å². The van der Waals surface area contributed by atoms with Crippen LogP contribution in [0.15, 0.2) is 66.9 Å². The summed E-state index contributed by atoms with van der Waals surface area (Å²) in [5.41, 5.74) is 4.22. The first kappa shape index (κ1) is 23.1. The van der Waals surface area contributed by atoms with E-state index in [1.807, 2.05) is 54.6 Å². The van der Waals surface area contributed by atoms with Crippen molar-refractivity contribution in [2.24, 2.45) is 0 Å². The number of halogens is 1. The molecule has 2 aliphatic heterocycles. The quantitative estimate of drug-likeness (QED) is 0.520. The molecule has 2 aromatic carbocycles. The fourth-order valence-electron chi connectivity index (χ4n) is 4.96. The third-order valence-corrected chi connectivity index (χ3v) is 7.24. The predicted molar refractivity (Wildman–Crippen MR) is 134 cm³/mol. The predicted octanol–water partition coefficient (Wildman–Crippen LogP) is 5.33. The Morgan fingerprint density at radius 1 is 1.06 bits per heavy atom. The van der Waals surface area contributed by atoms with Crippen molar-refractivity contribution in [3.8, 4) is 11.6 Å². The second-order valence-electron chi connectivity index (χ2n) is 9.09. The molecule has 34 heavy (non-hydrogen) atoms. The van der Waals surface area contributed by atoms with Gasteiger partial charge in [0.05, 0.1) is 12.2 Å². The summed E-state index contributed by atoms with van der Waals surface area (Å²) in [6, 6.07) is 17.3. The highest BCUT2D eigenvalue weighted by Crippen LogP contribution is 2.39. The van der Waals surface area contributed by atoms with Crippen LogP contribution >= 0.6 is 11.6 Å². The average molecular weight is 477 g/mol. The number of rotatable bonds is 5. The van der Waals surface area contributed by atoms with Crippen LogP contribution in [-0.4, -0.2) is 39.7 Å². The zero-order chi connectivity index (χ0) is 23.5. The minimum Gasteiger partial charge on any atom is -0.438 e. The fraction of sp³-hybridized carbons (Fsp3) is 0.321. The van der Waals surface area contributed by atoms with E-state index in [9.17, 15) is 10.2 Å². The molecule has 0 aliphatic carbocycles. The van der Waals surface area contributed by atoms with E-state index < -0.39 is 5.60 Å². The van der Waals surface area contributed by atoms with Crippen LogP contribution in [0.2, 0.25) is 5.02 Å². The number of ether oxygens (including phenoxy) is 1. The van der Waals surface area contributed by atoms with Crippen LogP contribution in [0.1, 0.15) is 41.5 Å². The lowest BCUT2D eigenvalue weighted by molar-refractivity contribution is -0.0254. The zero-order valence-electron chi connectivity index (χ0n) is 19.1. The lowest BCUT2D eigenvalue weighted by Crippen LogP contribution is -2.42. The van der Waals surface area contributed by atoms with E-state index in [2.05, 4.69) is 16.0 Å². The second-order valence-corrected chi connectivity index (χ2v) is 9.52. The Morgan fingerprint density at radius 3 is 2.62 bits per heavy atom. The number of piperidine rings is 1. The Hall–Kier alpha value is -2.70. The number of likely N-dealkylation sites (tertiary alicyclic amines) is 1. The number of aromatic nitrogens is 1. The van der Waals surface area contributed by atoms with Crippen molar-refractivity contribution in [1.82, 2.24) is 9.88 Å². The van der Waals surface area contributed by atoms with E-state index >= 15 is 0 Å². The zero-order valence-corrected chi connectivity index (χ0v) is 19.8. The molecular weight excluding hydrogens is 448 g/mol. The van der Waals surface area contributed by atoms with Crippen molar-refractivity contribution in [3.63, 3.8) is 0 Å². The number of hydrogen-bond donors (Lipinski definition) is 2. The number of benzene rings is 2. The molecule has 1 saturated heterocycles. The van der Waals surface area contributed by atoms with Gasteiger partial charge in [0.15, 0.2) is 0 Å². The molecule has 1 aromatic heterocycles. The summed E-state index contributed by atoms with van der Waals surface area (Å²) in [4.78, 5) is 6.87. The highest BCUT2D eigenvalue weighted by Gasteiger charge is 2.33. The number of allylic oxidation sites excluding steroid dienone is 1. The summed E-state index contributed by atoms with van der Waals surface area (Å²) in [5, 5.41) is 21.7. The van der Waals surface area contributed by atoms with Crippen LogP contribution in [0.5, 0.6) is 11.6 Å². The molecule has 3 heterocycles. The van der Waals surface area contributed by atoms with Gasteiger partial charge < -0.3 is 19.8 Å². The number of aliphatic hydroxyl groups excluding tert-OH is 1. The number of nitrogens with zero attached hydrogens (tertiary/aromatic N) is 2. The van der Waals surface area contributed by atoms with Crippen molar-refractivity contribution in [2.75, 3.05) is 19.6 Å². The summed E-state index contributed by atoms with van der Waals surface area (Å²) in [6.07, 6.45) is 7.01. The fourth-order valence-corrected chi connectivity index (χ4v) is 5.09. The van der Waals surface area contributed by atoms with Crippen LogP contribution in [-0.2, 0) is 18.6 Å². The minimum absolute atomic E-state index is 0.0199. The molecule has 0 amide bonds. The molecule has 0 saturated carbocycles. The van der Waals surface area contributed by atoms with Crippen LogP contribution < -0.4 is 4.74 Å². The van der Waals surface area contributed by atoms with Gasteiger partial charge in [0, 0.05) is 48.4 Å². The molecule has 2 N–H and O–H groups in total. The maximum atomic E-state index is 11.1. The molecule has 0 bridgehead atoms. The minimum atomic E-state index is -0.785. The maximum Gasteiger partial charge on any atom is 0.226 e. The van der Waals surface area contributed by atoms with Crippen molar-refractivity contribution in [2.45, 2.75) is 37.9 Å². The van der Waals surface area contributed by atoms with Crippen molar-refractivity contribution < 1.29 is 14.9 Å². The molecule has 0 spiro atoms. The van der Waals surface area contributed by atoms with Gasteiger partial charge in [-0.05, 0) is 66.3 Å². The van der Waals surface area contributed by atoms with Gasteiger partial charge in [-0.1, -0.05) is 41.9 Å². The highest BCUT2D eigenvalue weighted by atomic mass is 35.5. The van der Waals surface area contributed by atoms with E-state index in [0.29, 0.717) is 30.2 Å². The first-order valence-electron chi connectivity index (χ1n) is 11.8. The van der Waals surface area contributed by atoms with E-state index in [1.54, 1.807) is 6.20 Å². The second kappa shape index (κ2) is 9.88. The lowest BCUT2D eigenvalue weighted by atomic mass is 9.84. The lowest BCUT2D eigenvalue weighted by Gasteiger charge is -2.38. The standard InChI is InChI=1S/C28H29ClN2O3/c29-23-10-8-22(9-11-23)28(33)12-16-31(17-13-28)15-3-5-20-18-25-21(19-32)4-1-7-26(25)34-27-24(20)6-2-14-30-27/h1-2,4-11,14,32-33H,3,12-13,15-19H2. The van der Waals surface area contributed by atoms with E-state index in [1.165, 1.54) is 0 Å². The van der Waals surface area contributed by atoms with Gasteiger partial charge in [0.25, 0.3) is 0 Å². The van der Waals surface area contributed by atoms with Crippen LogP contribution in [0.25, 0.3) is 5.57 Å². The monoisotopic (exact) mass is 476 g/mol. The summed E-state index contributed by atoms with van der Waals surface area (Å²) in [7, 11) is 0. The van der Waals surface area contributed by atoms with Crippen molar-refractivity contribution >= 4 is 17.2 Å². The first-order chi connectivity index (χ1) is 16.6. The normalized spacial score (nSPS) is 18.6. The molecule has 2 aliphatic rings. The van der Waals surface area contributed by atoms with Crippen molar-refractivity contribution in [3.05, 3.63) is 94.1 Å². The molecule has 0 atom stereocenters. The third kappa shape index (κ3) is 4.75. The van der Waals surface area contributed by atoms with Crippen molar-refractivity contribution in [1.29, 1.82) is 0 Å². The third-order valence-electron chi connectivity index (χ3n) is 6.99. The van der Waals surface area contributed by atoms with Gasteiger partial charge in [-0.15, -0.1) is 0 Å². The molecule has 176 valence electrons. The average Bonchev–Trinajstić information content (AvgIpc) is 3.02. The summed E-state index contributed by atoms with van der Waals surface area (Å²) < 4.78 is 6.13.